The highest BCUT2D eigenvalue weighted by Gasteiger charge is 2.15. The predicted octanol–water partition coefficient (Wildman–Crippen LogP) is 3.92. The molecule has 0 saturated carbocycles. The number of hydrogen-bond donors (Lipinski definition) is 2. The molecule has 0 aliphatic rings. The van der Waals surface area contributed by atoms with Gasteiger partial charge in [-0.05, 0) is 42.3 Å². The number of benzene rings is 2. The van der Waals surface area contributed by atoms with E-state index in [0.717, 1.165) is 12.0 Å². The van der Waals surface area contributed by atoms with Crippen LogP contribution in [0.5, 0.6) is 0 Å². The highest BCUT2D eigenvalue weighted by atomic mass is 35.5. The Morgan fingerprint density at radius 2 is 1.88 bits per heavy atom. The molecule has 26 heavy (non-hydrogen) atoms. The molecule has 0 heterocycles. The third kappa shape index (κ3) is 5.51. The molecule has 0 aliphatic carbocycles. The maximum Gasteiger partial charge on any atom is 0.304 e. The summed E-state index contributed by atoms with van der Waals surface area (Å²) >= 11 is 5.96. The lowest BCUT2D eigenvalue weighted by molar-refractivity contribution is -0.136. The fourth-order valence-corrected chi connectivity index (χ4v) is 3.40. The van der Waals surface area contributed by atoms with Crippen molar-refractivity contribution in [3.8, 4) is 11.8 Å². The Morgan fingerprint density at radius 3 is 2.50 bits per heavy atom. The Labute approximate surface area is 158 Å². The molecule has 0 saturated heterocycles. The zero-order valence-corrected chi connectivity index (χ0v) is 15.7. The third-order valence-corrected chi connectivity index (χ3v) is 5.17. The Morgan fingerprint density at radius 1 is 1.19 bits per heavy atom. The number of carboxylic acids is 1. The summed E-state index contributed by atoms with van der Waals surface area (Å²) in [6.07, 6.45) is 0.895. The predicted molar refractivity (Wildman–Crippen MR) is 102 cm³/mol. The van der Waals surface area contributed by atoms with Gasteiger partial charge in [0.2, 0.25) is 0 Å². The van der Waals surface area contributed by atoms with Crippen LogP contribution in [-0.4, -0.2) is 19.5 Å². The van der Waals surface area contributed by atoms with Crippen molar-refractivity contribution in [2.24, 2.45) is 0 Å². The van der Waals surface area contributed by atoms with E-state index in [1.807, 2.05) is 6.92 Å². The van der Waals surface area contributed by atoms with Crippen molar-refractivity contribution in [2.45, 2.75) is 31.1 Å². The van der Waals surface area contributed by atoms with Crippen molar-refractivity contribution >= 4 is 33.3 Å². The molecule has 0 aliphatic heterocycles. The van der Waals surface area contributed by atoms with E-state index in [-0.39, 0.29) is 23.4 Å². The summed E-state index contributed by atoms with van der Waals surface area (Å²) < 4.78 is 27.7. The molecule has 2 aromatic rings. The average molecular weight is 392 g/mol. The first kappa shape index (κ1) is 19.8. The maximum absolute atomic E-state index is 12.6. The number of carbonyl (C=O) groups is 1. The number of anilines is 1. The van der Waals surface area contributed by atoms with Gasteiger partial charge in [0.25, 0.3) is 10.0 Å². The summed E-state index contributed by atoms with van der Waals surface area (Å²) in [5, 5.41) is 9.05. The van der Waals surface area contributed by atoms with E-state index >= 15 is 0 Å². The lowest BCUT2D eigenvalue weighted by atomic mass is 10.2. The number of nitrogens with one attached hydrogen (secondary N) is 1. The van der Waals surface area contributed by atoms with Gasteiger partial charge in [-0.1, -0.05) is 42.5 Å². The van der Waals surface area contributed by atoms with Crippen LogP contribution in [0.15, 0.2) is 47.4 Å². The van der Waals surface area contributed by atoms with E-state index < -0.39 is 16.0 Å². The summed E-state index contributed by atoms with van der Waals surface area (Å²) in [7, 11) is -3.77. The molecular formula is C19H18ClNO4S. The minimum atomic E-state index is -3.77. The van der Waals surface area contributed by atoms with Gasteiger partial charge in [0.15, 0.2) is 0 Å². The van der Waals surface area contributed by atoms with Crippen LogP contribution in [0.3, 0.4) is 0 Å². The lowest BCUT2D eigenvalue weighted by Gasteiger charge is -2.11. The second-order valence-electron chi connectivity index (χ2n) is 5.49. The Hall–Kier alpha value is -2.49. The summed E-state index contributed by atoms with van der Waals surface area (Å²) in [4.78, 5) is 10.7. The minimum absolute atomic E-state index is 0.0849. The van der Waals surface area contributed by atoms with Gasteiger partial charge < -0.3 is 5.11 Å². The number of carboxylic acid groups (broad SMARTS) is 1. The van der Waals surface area contributed by atoms with Crippen LogP contribution in [0.1, 0.15) is 30.9 Å². The van der Waals surface area contributed by atoms with Gasteiger partial charge in [-0.2, -0.15) is 0 Å². The molecular weight excluding hydrogens is 374 g/mol. The van der Waals surface area contributed by atoms with Crippen molar-refractivity contribution in [2.75, 3.05) is 4.72 Å². The monoisotopic (exact) mass is 391 g/mol. The molecule has 0 fully saturated rings. The van der Waals surface area contributed by atoms with E-state index in [0.29, 0.717) is 10.6 Å². The SMILES string of the molecule is CCc1ccc(S(=O)(=O)Nc2ccc(Cl)cc2C#CCCC(=O)O)cc1. The third-order valence-electron chi connectivity index (χ3n) is 3.55. The van der Waals surface area contributed by atoms with Gasteiger partial charge in [-0.25, -0.2) is 8.42 Å². The first-order chi connectivity index (χ1) is 12.3. The van der Waals surface area contributed by atoms with Crippen LogP contribution in [0.25, 0.3) is 0 Å². The first-order valence-corrected chi connectivity index (χ1v) is 9.80. The average Bonchev–Trinajstić information content (AvgIpc) is 2.60. The fraction of sp³-hybridized carbons (Fsp3) is 0.211. The van der Waals surface area contributed by atoms with Crippen molar-refractivity contribution in [3.05, 3.63) is 58.6 Å². The highest BCUT2D eigenvalue weighted by Crippen LogP contribution is 2.23. The smallest absolute Gasteiger partial charge is 0.304 e. The van der Waals surface area contributed by atoms with E-state index in [4.69, 9.17) is 16.7 Å². The van der Waals surface area contributed by atoms with Crippen LogP contribution in [0.4, 0.5) is 5.69 Å². The zero-order chi connectivity index (χ0) is 19.2. The second kappa shape index (κ2) is 8.75. The molecule has 2 rings (SSSR count). The Bertz CT molecular complexity index is 957. The molecule has 5 nitrogen and oxygen atoms in total. The van der Waals surface area contributed by atoms with Crippen LogP contribution in [0.2, 0.25) is 5.02 Å². The summed E-state index contributed by atoms with van der Waals surface area (Å²) in [5.74, 6) is 4.55. The van der Waals surface area contributed by atoms with Crippen LogP contribution in [0, 0.1) is 11.8 Å². The normalized spacial score (nSPS) is 10.7. The molecule has 0 aromatic heterocycles. The van der Waals surface area contributed by atoms with Gasteiger partial charge in [-0.3, -0.25) is 9.52 Å². The van der Waals surface area contributed by atoms with Crippen LogP contribution in [-0.2, 0) is 21.2 Å². The highest BCUT2D eigenvalue weighted by molar-refractivity contribution is 7.92. The van der Waals surface area contributed by atoms with Crippen molar-refractivity contribution in [1.29, 1.82) is 0 Å². The number of rotatable bonds is 6. The molecule has 7 heteroatoms. The summed E-state index contributed by atoms with van der Waals surface area (Å²) in [5.41, 5.74) is 1.72. The van der Waals surface area contributed by atoms with Gasteiger partial charge in [-0.15, -0.1) is 0 Å². The first-order valence-electron chi connectivity index (χ1n) is 7.94. The van der Waals surface area contributed by atoms with E-state index in [2.05, 4.69) is 16.6 Å². The summed E-state index contributed by atoms with van der Waals surface area (Å²) in [6, 6.07) is 11.3. The summed E-state index contributed by atoms with van der Waals surface area (Å²) in [6.45, 7) is 1.99. The van der Waals surface area contributed by atoms with Crippen molar-refractivity contribution in [3.63, 3.8) is 0 Å². The van der Waals surface area contributed by atoms with E-state index in [1.165, 1.54) is 12.1 Å². The number of aliphatic carboxylic acids is 1. The largest absolute Gasteiger partial charge is 0.481 e. The standard InChI is InChI=1S/C19H18ClNO4S/c1-2-14-7-10-17(11-8-14)26(24,25)21-18-12-9-16(20)13-15(18)5-3-4-6-19(22)23/h7-13,21H,2,4,6H2,1H3,(H,22,23). The van der Waals surface area contributed by atoms with Gasteiger partial charge in [0, 0.05) is 11.4 Å². The number of halogens is 1. The van der Waals surface area contributed by atoms with Gasteiger partial charge >= 0.3 is 5.97 Å². The molecule has 0 unspecified atom stereocenters. The maximum atomic E-state index is 12.6. The van der Waals surface area contributed by atoms with Gasteiger partial charge in [0.05, 0.1) is 22.6 Å². The van der Waals surface area contributed by atoms with E-state index in [1.54, 1.807) is 30.3 Å². The van der Waals surface area contributed by atoms with Crippen LogP contribution >= 0.6 is 11.6 Å². The molecule has 2 N–H and O–H groups in total. The molecule has 2 aromatic carbocycles. The molecule has 136 valence electrons. The fourth-order valence-electron chi connectivity index (χ4n) is 2.14. The topological polar surface area (TPSA) is 83.5 Å². The molecule has 0 bridgehead atoms. The number of hydrogen-bond acceptors (Lipinski definition) is 3. The van der Waals surface area contributed by atoms with E-state index in [9.17, 15) is 13.2 Å². The Balaban J connectivity index is 2.28. The minimum Gasteiger partial charge on any atom is -0.481 e. The van der Waals surface area contributed by atoms with Gasteiger partial charge in [0.1, 0.15) is 0 Å². The Kier molecular flexibility index (Phi) is 6.67. The molecule has 0 spiro atoms. The lowest BCUT2D eigenvalue weighted by Crippen LogP contribution is -2.13. The van der Waals surface area contributed by atoms with Crippen LogP contribution < -0.4 is 4.72 Å². The zero-order valence-electron chi connectivity index (χ0n) is 14.1. The second-order valence-corrected chi connectivity index (χ2v) is 7.61. The molecule has 0 amide bonds. The van der Waals surface area contributed by atoms with Crippen molar-refractivity contribution in [1.82, 2.24) is 0 Å². The number of aryl methyl sites for hydroxylation is 1. The molecule has 0 atom stereocenters. The number of sulfonamides is 1. The quantitative estimate of drug-likeness (QED) is 0.731. The molecule has 0 radical (unpaired) electrons. The van der Waals surface area contributed by atoms with Crippen molar-refractivity contribution < 1.29 is 18.3 Å².